The normalized spacial score (nSPS) is 37.0. The van der Waals surface area contributed by atoms with Crippen LogP contribution < -0.4 is 5.32 Å². The van der Waals surface area contributed by atoms with Crippen LogP contribution in [0.5, 0.6) is 0 Å². The van der Waals surface area contributed by atoms with Crippen molar-refractivity contribution < 1.29 is 9.47 Å². The summed E-state index contributed by atoms with van der Waals surface area (Å²) in [5.74, 6) is 0. The minimum Gasteiger partial charge on any atom is -0.377 e. The van der Waals surface area contributed by atoms with Gasteiger partial charge >= 0.3 is 0 Å². The Balaban J connectivity index is 1.58. The molecule has 0 aromatic carbocycles. The number of nitrogens with one attached hydrogen (secondary N) is 1. The van der Waals surface area contributed by atoms with E-state index >= 15 is 0 Å². The van der Waals surface area contributed by atoms with Crippen molar-refractivity contribution in [2.75, 3.05) is 13.7 Å². The first kappa shape index (κ1) is 14.0. The number of nitrogens with zero attached hydrogens (tertiary/aromatic N) is 2. The molecule has 0 bridgehead atoms. The van der Waals surface area contributed by atoms with E-state index in [-0.39, 0.29) is 12.2 Å². The summed E-state index contributed by atoms with van der Waals surface area (Å²) >= 11 is 0. The van der Waals surface area contributed by atoms with E-state index < -0.39 is 0 Å². The van der Waals surface area contributed by atoms with Crippen LogP contribution in [0.15, 0.2) is 18.7 Å². The first-order valence-electron chi connectivity index (χ1n) is 7.71. The second kappa shape index (κ2) is 6.24. The lowest BCUT2D eigenvalue weighted by Gasteiger charge is -2.45. The van der Waals surface area contributed by atoms with Gasteiger partial charge in [-0.3, -0.25) is 0 Å². The third-order valence-corrected chi connectivity index (χ3v) is 4.72. The zero-order valence-electron chi connectivity index (χ0n) is 12.4. The Morgan fingerprint density at radius 2 is 2.25 bits per heavy atom. The van der Waals surface area contributed by atoms with Crippen molar-refractivity contribution in [1.29, 1.82) is 0 Å². The largest absolute Gasteiger partial charge is 0.377 e. The Bertz CT molecular complexity index is 409. The number of hydrogen-bond acceptors (Lipinski definition) is 4. The molecule has 3 rings (SSSR count). The highest BCUT2D eigenvalue weighted by atomic mass is 16.5. The topological polar surface area (TPSA) is 48.3 Å². The summed E-state index contributed by atoms with van der Waals surface area (Å²) in [4.78, 5) is 4.17. The minimum atomic E-state index is 0.194. The van der Waals surface area contributed by atoms with Crippen LogP contribution in [0.4, 0.5) is 0 Å². The molecule has 112 valence electrons. The van der Waals surface area contributed by atoms with Gasteiger partial charge in [0.05, 0.1) is 18.5 Å². The van der Waals surface area contributed by atoms with Crippen LogP contribution in [0.25, 0.3) is 0 Å². The monoisotopic (exact) mass is 279 g/mol. The Labute approximate surface area is 120 Å². The highest BCUT2D eigenvalue weighted by Gasteiger charge is 2.44. The van der Waals surface area contributed by atoms with E-state index in [4.69, 9.17) is 9.47 Å². The number of hydrogen-bond donors (Lipinski definition) is 1. The van der Waals surface area contributed by atoms with Crippen LogP contribution >= 0.6 is 0 Å². The predicted molar refractivity (Wildman–Crippen MR) is 76.7 cm³/mol. The standard InChI is InChI=1S/C15H25N3O2/c1-3-20-14-9-12(15(14)19-2)17-11-5-4-6-13(11)18-8-7-16-10-18/h7-8,10-15,17H,3-6,9H2,1-2H3. The van der Waals surface area contributed by atoms with Gasteiger partial charge in [0.2, 0.25) is 0 Å². The SMILES string of the molecule is CCOC1CC(NC2CCCC2n2ccnc2)C1OC. The summed E-state index contributed by atoms with van der Waals surface area (Å²) in [6.07, 6.45) is 11.1. The zero-order chi connectivity index (χ0) is 13.9. The van der Waals surface area contributed by atoms with E-state index in [1.54, 1.807) is 7.11 Å². The zero-order valence-corrected chi connectivity index (χ0v) is 12.4. The first-order chi connectivity index (χ1) is 9.83. The molecule has 2 saturated carbocycles. The Morgan fingerprint density at radius 3 is 2.95 bits per heavy atom. The molecule has 1 aromatic rings. The maximum absolute atomic E-state index is 5.69. The summed E-state index contributed by atoms with van der Waals surface area (Å²) in [5, 5.41) is 3.79. The molecule has 5 nitrogen and oxygen atoms in total. The van der Waals surface area contributed by atoms with Crippen molar-refractivity contribution in [2.45, 2.75) is 62.9 Å². The maximum atomic E-state index is 5.69. The lowest BCUT2D eigenvalue weighted by atomic mass is 9.84. The van der Waals surface area contributed by atoms with Gasteiger partial charge < -0.3 is 19.4 Å². The van der Waals surface area contributed by atoms with Crippen LogP contribution in [-0.2, 0) is 9.47 Å². The number of rotatable bonds is 6. The van der Waals surface area contributed by atoms with Crippen LogP contribution in [0.1, 0.15) is 38.6 Å². The molecule has 5 heteroatoms. The second-order valence-electron chi connectivity index (χ2n) is 5.82. The van der Waals surface area contributed by atoms with Crippen LogP contribution in [0.2, 0.25) is 0 Å². The Kier molecular flexibility index (Phi) is 4.38. The van der Waals surface area contributed by atoms with Gasteiger partial charge in [0.15, 0.2) is 0 Å². The Hall–Kier alpha value is -0.910. The number of imidazole rings is 1. The average molecular weight is 279 g/mol. The molecule has 5 unspecified atom stereocenters. The second-order valence-corrected chi connectivity index (χ2v) is 5.82. The fraction of sp³-hybridized carbons (Fsp3) is 0.800. The van der Waals surface area contributed by atoms with Gasteiger partial charge in [-0.2, -0.15) is 0 Å². The minimum absolute atomic E-state index is 0.194. The van der Waals surface area contributed by atoms with Gasteiger partial charge in [0, 0.05) is 44.2 Å². The molecular weight excluding hydrogens is 254 g/mol. The molecule has 0 aliphatic heterocycles. The molecule has 0 spiro atoms. The van der Waals surface area contributed by atoms with Gasteiger partial charge in [-0.15, -0.1) is 0 Å². The van der Waals surface area contributed by atoms with E-state index in [9.17, 15) is 0 Å². The van der Waals surface area contributed by atoms with E-state index in [0.717, 1.165) is 13.0 Å². The fourth-order valence-electron chi connectivity index (χ4n) is 3.67. The molecule has 1 N–H and O–H groups in total. The third-order valence-electron chi connectivity index (χ3n) is 4.72. The molecule has 2 aliphatic rings. The average Bonchev–Trinajstić information content (AvgIpc) is 3.08. The van der Waals surface area contributed by atoms with Crippen molar-refractivity contribution in [3.05, 3.63) is 18.7 Å². The van der Waals surface area contributed by atoms with Crippen molar-refractivity contribution in [3.63, 3.8) is 0 Å². The lowest BCUT2D eigenvalue weighted by Crippen LogP contribution is -2.62. The van der Waals surface area contributed by atoms with Gasteiger partial charge in [-0.1, -0.05) is 0 Å². The molecule has 0 radical (unpaired) electrons. The molecule has 0 saturated heterocycles. The number of ether oxygens (including phenoxy) is 2. The van der Waals surface area contributed by atoms with Crippen molar-refractivity contribution in [3.8, 4) is 0 Å². The van der Waals surface area contributed by atoms with E-state index in [0.29, 0.717) is 18.1 Å². The smallest absolute Gasteiger partial charge is 0.0986 e. The summed E-state index contributed by atoms with van der Waals surface area (Å²) in [5.41, 5.74) is 0. The highest BCUT2D eigenvalue weighted by Crippen LogP contribution is 2.34. The quantitative estimate of drug-likeness (QED) is 0.862. The molecule has 5 atom stereocenters. The van der Waals surface area contributed by atoms with Gasteiger partial charge in [-0.05, 0) is 32.6 Å². The van der Waals surface area contributed by atoms with Gasteiger partial charge in [-0.25, -0.2) is 4.98 Å². The highest BCUT2D eigenvalue weighted by molar-refractivity contribution is 5.01. The summed E-state index contributed by atoms with van der Waals surface area (Å²) < 4.78 is 13.5. The maximum Gasteiger partial charge on any atom is 0.0986 e. The van der Waals surface area contributed by atoms with Gasteiger partial charge in [0.1, 0.15) is 0 Å². The van der Waals surface area contributed by atoms with Crippen molar-refractivity contribution >= 4 is 0 Å². The number of methoxy groups -OCH3 is 1. The van der Waals surface area contributed by atoms with E-state index in [1.807, 2.05) is 19.4 Å². The molecule has 2 aliphatic carbocycles. The summed E-state index contributed by atoms with van der Waals surface area (Å²) in [7, 11) is 1.78. The van der Waals surface area contributed by atoms with Crippen LogP contribution in [0.3, 0.4) is 0 Å². The lowest BCUT2D eigenvalue weighted by molar-refractivity contribution is -0.133. The molecule has 0 amide bonds. The summed E-state index contributed by atoms with van der Waals surface area (Å²) in [6, 6.07) is 1.47. The van der Waals surface area contributed by atoms with Crippen molar-refractivity contribution in [1.82, 2.24) is 14.9 Å². The summed E-state index contributed by atoms with van der Waals surface area (Å²) in [6.45, 7) is 2.80. The molecule has 1 heterocycles. The fourth-order valence-corrected chi connectivity index (χ4v) is 3.67. The molecule has 20 heavy (non-hydrogen) atoms. The van der Waals surface area contributed by atoms with Crippen LogP contribution in [0, 0.1) is 0 Å². The Morgan fingerprint density at radius 1 is 1.35 bits per heavy atom. The van der Waals surface area contributed by atoms with Crippen molar-refractivity contribution in [2.24, 2.45) is 0 Å². The molecule has 1 aromatic heterocycles. The van der Waals surface area contributed by atoms with Crippen LogP contribution in [-0.4, -0.2) is 47.6 Å². The molecular formula is C15H25N3O2. The first-order valence-corrected chi connectivity index (χ1v) is 7.71. The number of aromatic nitrogens is 2. The van der Waals surface area contributed by atoms with Gasteiger partial charge in [0.25, 0.3) is 0 Å². The molecule has 2 fully saturated rings. The van der Waals surface area contributed by atoms with E-state index in [1.165, 1.54) is 19.3 Å². The van der Waals surface area contributed by atoms with E-state index in [2.05, 4.69) is 21.1 Å². The third kappa shape index (κ3) is 2.62. The predicted octanol–water partition coefficient (Wildman–Crippen LogP) is 1.76.